The number of phosphoric acid groups is 1. The van der Waals surface area contributed by atoms with E-state index in [1.807, 2.05) is 0 Å². The Morgan fingerprint density at radius 2 is 0.952 bits per heavy atom. The van der Waals surface area contributed by atoms with Gasteiger partial charge in [-0.05, 0) is 25.7 Å². The van der Waals surface area contributed by atoms with Crippen molar-refractivity contribution in [3.8, 4) is 0 Å². The predicted molar refractivity (Wildman–Crippen MR) is 314 cm³/mol. The maximum Gasteiger partial charge on any atom is 0.306 e. The van der Waals surface area contributed by atoms with Crippen molar-refractivity contribution in [2.24, 2.45) is 0 Å². The molecule has 11 atom stereocenters. The number of quaternary nitrogens is 1. The smallest absolute Gasteiger partial charge is 0.306 e. The molecule has 24 heteroatoms. The lowest BCUT2D eigenvalue weighted by molar-refractivity contribution is -0.326. The quantitative estimate of drug-likeness (QED) is 0.0121. The highest BCUT2D eigenvalue weighted by molar-refractivity contribution is 7.45. The molecule has 23 nitrogen and oxygen atoms in total. The number of unbranched alkanes of at least 4 members (excludes halogenated alkanes) is 28. The lowest BCUT2D eigenvalue weighted by atomic mass is 9.96. The van der Waals surface area contributed by atoms with Gasteiger partial charge in [0.05, 0.1) is 33.0 Å². The van der Waals surface area contributed by atoms with E-state index in [2.05, 4.69) is 13.8 Å². The van der Waals surface area contributed by atoms with Crippen LogP contribution in [-0.2, 0) is 61.2 Å². The second-order valence-corrected chi connectivity index (χ2v) is 23.7. The number of esters is 3. The highest BCUT2D eigenvalue weighted by atomic mass is 31.2. The highest BCUT2D eigenvalue weighted by Crippen LogP contribution is 2.39. The number of aliphatic hydroxyl groups excluding tert-OH is 8. The molecule has 0 aromatic heterocycles. The number of carbonyl (C=O) groups is 4. The lowest BCUT2D eigenvalue weighted by Crippen LogP contribution is -2.61. The van der Waals surface area contributed by atoms with E-state index >= 15 is 0 Å². The van der Waals surface area contributed by atoms with Crippen molar-refractivity contribution in [2.75, 3.05) is 52.9 Å². The molecule has 0 aromatic rings. The summed E-state index contributed by atoms with van der Waals surface area (Å²) in [6.45, 7) is 0.834. The first-order valence-corrected chi connectivity index (χ1v) is 33.3. The molecule has 1 heterocycles. The zero-order valence-corrected chi connectivity index (χ0v) is 52.5. The Hall–Kier alpha value is -2.29. The van der Waals surface area contributed by atoms with Gasteiger partial charge in [-0.3, -0.25) is 23.7 Å². The molecule has 0 bridgehead atoms. The number of phosphoric ester groups is 1. The summed E-state index contributed by atoms with van der Waals surface area (Å²) in [5.41, 5.74) is 0. The summed E-state index contributed by atoms with van der Waals surface area (Å²) in [7, 11) is -4.95. The zero-order chi connectivity index (χ0) is 61.4. The second-order valence-electron chi connectivity index (χ2n) is 22.3. The minimum absolute atomic E-state index is 0. The van der Waals surface area contributed by atoms with Crippen LogP contribution in [0.15, 0.2) is 0 Å². The molecule has 0 aromatic carbocycles. The molecular weight excluding hydrogens is 1120 g/mol. The molecule has 1 fully saturated rings. The Labute approximate surface area is 502 Å². The van der Waals surface area contributed by atoms with Crippen LogP contribution in [0.2, 0.25) is 0 Å². The van der Waals surface area contributed by atoms with Crippen molar-refractivity contribution < 1.29 is 107 Å². The molecule has 498 valence electrons. The molecule has 84 heavy (non-hydrogen) atoms. The molecule has 1 aliphatic rings. The number of rotatable bonds is 58. The van der Waals surface area contributed by atoms with Gasteiger partial charge in [0.15, 0.2) is 18.2 Å². The average molecular weight is 1230 g/mol. The standard InChI is InChI=1S/C60H113O22P.H3N/c1-3-5-7-9-11-13-15-17-19-21-23-25-27-29-31-36-52(66)77-45-47(80-53(67)37-32-30-28-26-24-22-20-18-16-14-12-10-8-6-4-2)46-79-83(73,74)78-40-34-38-51(65)76-42-41-75-39-33-35-48(63)54(68)57(71)59(49(64)43-61)82-60-58(72)56(70)55(69)50(44-62)81-60;/h47,49-50,54-62,64,68-72H,3-46H2,1-2H3,(H,73,74);1H3/t47-,49-,50?,54+,55?,56?,57-,58?,59-,60?;/m1./s1. The van der Waals surface area contributed by atoms with Gasteiger partial charge in [-0.2, -0.15) is 0 Å². The van der Waals surface area contributed by atoms with E-state index in [4.69, 9.17) is 37.5 Å². The van der Waals surface area contributed by atoms with Crippen molar-refractivity contribution >= 4 is 31.5 Å². The van der Waals surface area contributed by atoms with Crippen molar-refractivity contribution in [3.63, 3.8) is 0 Å². The fourth-order valence-corrected chi connectivity index (χ4v) is 10.4. The third-order valence-electron chi connectivity index (χ3n) is 14.8. The van der Waals surface area contributed by atoms with E-state index in [0.29, 0.717) is 12.8 Å². The maximum atomic E-state index is 12.9. The molecule has 0 radical (unpaired) electrons. The Morgan fingerprint density at radius 3 is 1.43 bits per heavy atom. The number of ether oxygens (including phenoxy) is 6. The molecule has 0 saturated carbocycles. The van der Waals surface area contributed by atoms with Crippen LogP contribution in [0.1, 0.15) is 245 Å². The second kappa shape index (κ2) is 53.7. The van der Waals surface area contributed by atoms with Gasteiger partial charge in [0.1, 0.15) is 62.0 Å². The number of ketones is 1. The third-order valence-corrected chi connectivity index (χ3v) is 15.8. The number of Topliss-reactive ketones (excluding diaryl/α,β-unsaturated/α-hetero) is 1. The van der Waals surface area contributed by atoms with Crippen molar-refractivity contribution in [1.29, 1.82) is 0 Å². The first-order valence-electron chi connectivity index (χ1n) is 31.8. The predicted octanol–water partition coefficient (Wildman–Crippen LogP) is 7.79. The molecule has 0 amide bonds. The molecule has 0 aliphatic carbocycles. The number of carbonyl (C=O) groups excluding carboxylic acids is 4. The van der Waals surface area contributed by atoms with Gasteiger partial charge in [-0.15, -0.1) is 0 Å². The Morgan fingerprint density at radius 1 is 0.512 bits per heavy atom. The molecule has 1 aliphatic heterocycles. The minimum atomic E-state index is -4.95. The Bertz CT molecular complexity index is 1650. The van der Waals surface area contributed by atoms with Gasteiger partial charge in [0.2, 0.25) is 0 Å². The summed E-state index contributed by atoms with van der Waals surface area (Å²) in [6.07, 6.45) is 17.1. The van der Waals surface area contributed by atoms with E-state index in [9.17, 15) is 69.5 Å². The van der Waals surface area contributed by atoms with E-state index < -0.39 is 126 Å². The first-order chi connectivity index (χ1) is 40.0. The highest BCUT2D eigenvalue weighted by Gasteiger charge is 2.47. The molecule has 6 unspecified atom stereocenters. The topological polar surface area (TPSA) is 381 Å². The van der Waals surface area contributed by atoms with Crippen LogP contribution in [-0.4, -0.2) is 179 Å². The lowest BCUT2D eigenvalue weighted by Gasteiger charge is -2.42. The van der Waals surface area contributed by atoms with Crippen LogP contribution in [0.3, 0.4) is 0 Å². The van der Waals surface area contributed by atoms with Crippen LogP contribution in [0, 0.1) is 0 Å². The Balaban J connectivity index is 0.0000689. The summed E-state index contributed by atoms with van der Waals surface area (Å²) in [6, 6.07) is 0. The molecule has 12 N–H and O–H groups in total. The van der Waals surface area contributed by atoms with Crippen LogP contribution in [0.5, 0.6) is 0 Å². The SMILES string of the molecule is CCCCCCCCCCCCCCCCCC(=O)OC[C@H](COP(=O)([O-])OCCCC(=O)OCCOCCCC(=O)[C@H](O)[C@@H](O)[C@H](OC1OC(CO)C(O)C(O)C1O)[C@H](O)CO)OC(=O)CCCCCCCCCCCCCCCCC.[NH4+]. The minimum Gasteiger partial charge on any atom is -0.756 e. The molecule has 1 rings (SSSR count). The van der Waals surface area contributed by atoms with Gasteiger partial charge in [-0.25, -0.2) is 0 Å². The maximum absolute atomic E-state index is 12.9. The van der Waals surface area contributed by atoms with E-state index in [1.54, 1.807) is 0 Å². The summed E-state index contributed by atoms with van der Waals surface area (Å²) in [4.78, 5) is 63.2. The van der Waals surface area contributed by atoms with Gasteiger partial charge in [0.25, 0.3) is 7.82 Å². The number of aliphatic hydroxyl groups is 8. The normalized spacial score (nSPS) is 19.6. The van der Waals surface area contributed by atoms with E-state index in [1.165, 1.54) is 135 Å². The zero-order valence-electron chi connectivity index (χ0n) is 51.6. The van der Waals surface area contributed by atoms with E-state index in [0.717, 1.165) is 44.9 Å². The number of hydrogen-bond acceptors (Lipinski definition) is 22. The van der Waals surface area contributed by atoms with Crippen LogP contribution >= 0.6 is 7.82 Å². The van der Waals surface area contributed by atoms with Gasteiger partial charge in [0, 0.05) is 32.3 Å². The van der Waals surface area contributed by atoms with E-state index in [-0.39, 0.29) is 64.5 Å². The molecular formula is C60H116NO22P. The van der Waals surface area contributed by atoms with Gasteiger partial charge < -0.3 is 89.4 Å². The van der Waals surface area contributed by atoms with Crippen LogP contribution in [0.25, 0.3) is 0 Å². The first kappa shape index (κ1) is 81.7. The molecule has 0 spiro atoms. The van der Waals surface area contributed by atoms with Gasteiger partial charge in [-0.1, -0.05) is 194 Å². The summed E-state index contributed by atoms with van der Waals surface area (Å²) >= 11 is 0. The monoisotopic (exact) mass is 1230 g/mol. The number of hydrogen-bond donors (Lipinski definition) is 9. The third kappa shape index (κ3) is 41.8. The Kier molecular flexibility index (Phi) is 52.2. The fraction of sp³-hybridized carbons (Fsp3) is 0.933. The average Bonchev–Trinajstić information content (AvgIpc) is 3.67. The summed E-state index contributed by atoms with van der Waals surface area (Å²) in [5, 5.41) is 80.6. The van der Waals surface area contributed by atoms with Crippen LogP contribution in [0.4, 0.5) is 0 Å². The summed E-state index contributed by atoms with van der Waals surface area (Å²) < 4.78 is 54.6. The molecule has 1 saturated heterocycles. The fourth-order valence-electron chi connectivity index (χ4n) is 9.60. The summed E-state index contributed by atoms with van der Waals surface area (Å²) in [5.74, 6) is -2.65. The van der Waals surface area contributed by atoms with Gasteiger partial charge >= 0.3 is 17.9 Å². The van der Waals surface area contributed by atoms with Crippen molar-refractivity contribution in [3.05, 3.63) is 0 Å². The van der Waals surface area contributed by atoms with Crippen molar-refractivity contribution in [1.82, 2.24) is 6.15 Å². The largest absolute Gasteiger partial charge is 0.756 e. The van der Waals surface area contributed by atoms with Crippen molar-refractivity contribution in [2.45, 2.75) is 306 Å². The van der Waals surface area contributed by atoms with Crippen LogP contribution < -0.4 is 11.0 Å².